The quantitative estimate of drug-likeness (QED) is 0.848. The molecule has 1 saturated heterocycles. The molecule has 2 rings (SSSR count). The second-order valence-electron chi connectivity index (χ2n) is 4.91. The summed E-state index contributed by atoms with van der Waals surface area (Å²) in [6.07, 6.45) is 6.76. The lowest BCUT2D eigenvalue weighted by Gasteiger charge is -2.20. The van der Waals surface area contributed by atoms with Crippen LogP contribution in [0.1, 0.15) is 31.7 Å². The Labute approximate surface area is 104 Å². The Morgan fingerprint density at radius 3 is 3.18 bits per heavy atom. The van der Waals surface area contributed by atoms with Crippen LogP contribution in [0.4, 0.5) is 5.82 Å². The van der Waals surface area contributed by atoms with Crippen molar-refractivity contribution in [3.63, 3.8) is 0 Å². The summed E-state index contributed by atoms with van der Waals surface area (Å²) >= 11 is 0. The average Bonchev–Trinajstić information content (AvgIpc) is 2.79. The Hall–Kier alpha value is -1.09. The van der Waals surface area contributed by atoms with E-state index in [4.69, 9.17) is 5.73 Å². The molecule has 1 aromatic rings. The molecule has 0 amide bonds. The topological polar surface area (TPSA) is 42.2 Å². The fourth-order valence-corrected chi connectivity index (χ4v) is 2.73. The van der Waals surface area contributed by atoms with E-state index in [0.29, 0.717) is 6.54 Å². The van der Waals surface area contributed by atoms with Gasteiger partial charge in [0.15, 0.2) is 0 Å². The maximum absolute atomic E-state index is 5.66. The summed E-state index contributed by atoms with van der Waals surface area (Å²) < 4.78 is 0. The standard InChI is InChI=1S/C14H23N3/c1-2-4-12-7-10-17(11-12)14-13(6-8-15)5-3-9-16-14/h3,5,9,12H,2,4,6-8,10-11,15H2,1H3. The first-order valence-electron chi connectivity index (χ1n) is 6.74. The number of hydrogen-bond donors (Lipinski definition) is 1. The highest BCUT2D eigenvalue weighted by atomic mass is 15.2. The normalized spacial score (nSPS) is 19.9. The van der Waals surface area contributed by atoms with Crippen LogP contribution in [0.3, 0.4) is 0 Å². The van der Waals surface area contributed by atoms with Crippen molar-refractivity contribution in [3.8, 4) is 0 Å². The second kappa shape index (κ2) is 6.01. The third-order valence-corrected chi connectivity index (χ3v) is 3.56. The molecule has 0 radical (unpaired) electrons. The molecule has 2 N–H and O–H groups in total. The van der Waals surface area contributed by atoms with E-state index in [2.05, 4.69) is 22.9 Å². The van der Waals surface area contributed by atoms with Gasteiger partial charge in [-0.15, -0.1) is 0 Å². The lowest BCUT2D eigenvalue weighted by atomic mass is 10.0. The molecule has 1 aliphatic heterocycles. The molecular formula is C14H23N3. The highest BCUT2D eigenvalue weighted by molar-refractivity contribution is 5.47. The summed E-state index contributed by atoms with van der Waals surface area (Å²) in [5, 5.41) is 0. The lowest BCUT2D eigenvalue weighted by Crippen LogP contribution is -2.23. The van der Waals surface area contributed by atoms with E-state index in [0.717, 1.165) is 24.7 Å². The second-order valence-corrected chi connectivity index (χ2v) is 4.91. The van der Waals surface area contributed by atoms with Crippen LogP contribution in [0, 0.1) is 5.92 Å². The maximum Gasteiger partial charge on any atom is 0.131 e. The number of anilines is 1. The summed E-state index contributed by atoms with van der Waals surface area (Å²) in [5.74, 6) is 2.02. The molecule has 3 heteroatoms. The molecule has 1 aromatic heterocycles. The van der Waals surface area contributed by atoms with Crippen molar-refractivity contribution in [2.75, 3.05) is 24.5 Å². The number of aromatic nitrogens is 1. The Bertz CT molecular complexity index is 351. The molecule has 0 aromatic carbocycles. The van der Waals surface area contributed by atoms with Gasteiger partial charge in [-0.2, -0.15) is 0 Å². The van der Waals surface area contributed by atoms with Crippen molar-refractivity contribution in [3.05, 3.63) is 23.9 Å². The fourth-order valence-electron chi connectivity index (χ4n) is 2.73. The third-order valence-electron chi connectivity index (χ3n) is 3.56. The van der Waals surface area contributed by atoms with Crippen molar-refractivity contribution in [2.24, 2.45) is 11.7 Å². The number of nitrogens with two attached hydrogens (primary N) is 1. The summed E-state index contributed by atoms with van der Waals surface area (Å²) in [7, 11) is 0. The van der Waals surface area contributed by atoms with Crippen molar-refractivity contribution in [2.45, 2.75) is 32.6 Å². The monoisotopic (exact) mass is 233 g/mol. The lowest BCUT2D eigenvalue weighted by molar-refractivity contribution is 0.529. The van der Waals surface area contributed by atoms with Gasteiger partial charge in [0.2, 0.25) is 0 Å². The van der Waals surface area contributed by atoms with Gasteiger partial charge in [-0.1, -0.05) is 19.4 Å². The molecule has 0 bridgehead atoms. The zero-order valence-corrected chi connectivity index (χ0v) is 10.7. The molecule has 94 valence electrons. The van der Waals surface area contributed by atoms with Gasteiger partial charge in [0.25, 0.3) is 0 Å². The molecule has 1 atom stereocenters. The Balaban J connectivity index is 2.07. The van der Waals surface area contributed by atoms with E-state index >= 15 is 0 Å². The van der Waals surface area contributed by atoms with Crippen molar-refractivity contribution in [1.82, 2.24) is 4.98 Å². The van der Waals surface area contributed by atoms with Crippen molar-refractivity contribution >= 4 is 5.82 Å². The minimum absolute atomic E-state index is 0.699. The Morgan fingerprint density at radius 1 is 1.53 bits per heavy atom. The minimum atomic E-state index is 0.699. The first-order chi connectivity index (χ1) is 8.35. The van der Waals surface area contributed by atoms with Crippen LogP contribution in [-0.4, -0.2) is 24.6 Å². The first-order valence-corrected chi connectivity index (χ1v) is 6.74. The van der Waals surface area contributed by atoms with E-state index in [1.54, 1.807) is 0 Å². The van der Waals surface area contributed by atoms with Gasteiger partial charge in [-0.05, 0) is 43.4 Å². The van der Waals surface area contributed by atoms with Gasteiger partial charge in [0, 0.05) is 19.3 Å². The molecule has 3 nitrogen and oxygen atoms in total. The number of pyridine rings is 1. The predicted octanol–water partition coefficient (Wildman–Crippen LogP) is 2.21. The van der Waals surface area contributed by atoms with E-state index in [-0.39, 0.29) is 0 Å². The Kier molecular flexibility index (Phi) is 4.37. The predicted molar refractivity (Wildman–Crippen MR) is 72.2 cm³/mol. The summed E-state index contributed by atoms with van der Waals surface area (Å²) in [6.45, 7) is 5.29. The van der Waals surface area contributed by atoms with Gasteiger partial charge >= 0.3 is 0 Å². The van der Waals surface area contributed by atoms with Crippen molar-refractivity contribution < 1.29 is 0 Å². The number of nitrogens with zero attached hydrogens (tertiary/aromatic N) is 2. The van der Waals surface area contributed by atoms with Crippen molar-refractivity contribution in [1.29, 1.82) is 0 Å². The zero-order chi connectivity index (χ0) is 12.1. The number of hydrogen-bond acceptors (Lipinski definition) is 3. The van der Waals surface area contributed by atoms with E-state index in [9.17, 15) is 0 Å². The van der Waals surface area contributed by atoms with Gasteiger partial charge < -0.3 is 10.6 Å². The van der Waals surface area contributed by atoms with Crippen LogP contribution in [-0.2, 0) is 6.42 Å². The van der Waals surface area contributed by atoms with E-state index < -0.39 is 0 Å². The van der Waals surface area contributed by atoms with Crippen LogP contribution in [0.5, 0.6) is 0 Å². The highest BCUT2D eigenvalue weighted by Crippen LogP contribution is 2.27. The van der Waals surface area contributed by atoms with Gasteiger partial charge in [-0.25, -0.2) is 4.98 Å². The average molecular weight is 233 g/mol. The fraction of sp³-hybridized carbons (Fsp3) is 0.643. The molecule has 2 heterocycles. The SMILES string of the molecule is CCCC1CCN(c2ncccc2CCN)C1. The van der Waals surface area contributed by atoms with E-state index in [1.807, 2.05) is 12.3 Å². The van der Waals surface area contributed by atoms with Crippen LogP contribution in [0.2, 0.25) is 0 Å². The molecule has 0 spiro atoms. The molecular weight excluding hydrogens is 210 g/mol. The molecule has 1 unspecified atom stereocenters. The first kappa shape index (κ1) is 12.4. The summed E-state index contributed by atoms with van der Waals surface area (Å²) in [5.41, 5.74) is 6.96. The van der Waals surface area contributed by atoms with Gasteiger partial charge in [0.05, 0.1) is 0 Å². The molecule has 0 aliphatic carbocycles. The smallest absolute Gasteiger partial charge is 0.131 e. The third kappa shape index (κ3) is 2.97. The molecule has 17 heavy (non-hydrogen) atoms. The minimum Gasteiger partial charge on any atom is -0.356 e. The molecule has 1 aliphatic rings. The van der Waals surface area contributed by atoms with E-state index in [1.165, 1.54) is 31.4 Å². The summed E-state index contributed by atoms with van der Waals surface area (Å²) in [4.78, 5) is 6.98. The molecule has 0 saturated carbocycles. The van der Waals surface area contributed by atoms with Crippen LogP contribution < -0.4 is 10.6 Å². The Morgan fingerprint density at radius 2 is 2.41 bits per heavy atom. The number of rotatable bonds is 5. The van der Waals surface area contributed by atoms with Crippen LogP contribution in [0.25, 0.3) is 0 Å². The zero-order valence-electron chi connectivity index (χ0n) is 10.7. The summed E-state index contributed by atoms with van der Waals surface area (Å²) in [6, 6.07) is 4.16. The van der Waals surface area contributed by atoms with Crippen LogP contribution in [0.15, 0.2) is 18.3 Å². The molecule has 1 fully saturated rings. The highest BCUT2D eigenvalue weighted by Gasteiger charge is 2.23. The maximum atomic E-state index is 5.66. The largest absolute Gasteiger partial charge is 0.356 e. The van der Waals surface area contributed by atoms with Gasteiger partial charge in [-0.3, -0.25) is 0 Å². The van der Waals surface area contributed by atoms with Crippen LogP contribution >= 0.6 is 0 Å². The van der Waals surface area contributed by atoms with Gasteiger partial charge in [0.1, 0.15) is 5.82 Å².